The van der Waals surface area contributed by atoms with Crippen LogP contribution < -0.4 is 5.32 Å². The van der Waals surface area contributed by atoms with Crippen molar-refractivity contribution >= 4 is 6.03 Å². The van der Waals surface area contributed by atoms with Gasteiger partial charge in [-0.05, 0) is 38.5 Å². The topological polar surface area (TPSA) is 52.6 Å². The van der Waals surface area contributed by atoms with Crippen LogP contribution in [0.4, 0.5) is 4.79 Å². The Morgan fingerprint density at radius 1 is 1.30 bits per heavy atom. The predicted molar refractivity (Wildman–Crippen MR) is 82.6 cm³/mol. The molecule has 0 aromatic carbocycles. The standard InChI is InChI=1S/C16H32N2O2/c1-12(2)9-13(7-8-19)10-17-14(20)18-11-15(3,4)16(18,5)6/h12-13,19H,7-11H2,1-6H3,(H,17,20)/t13-/m1/s1. The van der Waals surface area contributed by atoms with E-state index in [0.29, 0.717) is 18.4 Å². The van der Waals surface area contributed by atoms with E-state index in [9.17, 15) is 4.79 Å². The van der Waals surface area contributed by atoms with Crippen molar-refractivity contribution in [3.05, 3.63) is 0 Å². The number of urea groups is 1. The quantitative estimate of drug-likeness (QED) is 0.788. The Kier molecular flexibility index (Phi) is 5.47. The number of nitrogens with one attached hydrogen (secondary N) is 1. The van der Waals surface area contributed by atoms with Gasteiger partial charge in [0.15, 0.2) is 0 Å². The average Bonchev–Trinajstić information content (AvgIpc) is 2.32. The summed E-state index contributed by atoms with van der Waals surface area (Å²) in [6.45, 7) is 14.6. The lowest BCUT2D eigenvalue weighted by molar-refractivity contribution is -0.0809. The maximum atomic E-state index is 12.3. The Balaban J connectivity index is 2.47. The van der Waals surface area contributed by atoms with Gasteiger partial charge in [0.05, 0.1) is 0 Å². The molecule has 0 saturated carbocycles. The predicted octanol–water partition coefficient (Wildman–Crippen LogP) is 2.86. The summed E-state index contributed by atoms with van der Waals surface area (Å²) in [5.41, 5.74) is 0.0778. The van der Waals surface area contributed by atoms with E-state index in [1.54, 1.807) is 0 Å². The molecule has 0 aliphatic carbocycles. The van der Waals surface area contributed by atoms with Crippen LogP contribution in [0, 0.1) is 17.3 Å². The zero-order valence-corrected chi connectivity index (χ0v) is 14.0. The Hall–Kier alpha value is -0.770. The van der Waals surface area contributed by atoms with Crippen LogP contribution in [0.15, 0.2) is 0 Å². The van der Waals surface area contributed by atoms with Gasteiger partial charge < -0.3 is 15.3 Å². The van der Waals surface area contributed by atoms with Crippen LogP contribution in [0.5, 0.6) is 0 Å². The number of likely N-dealkylation sites (tertiary alicyclic amines) is 1. The molecule has 20 heavy (non-hydrogen) atoms. The highest BCUT2D eigenvalue weighted by Gasteiger charge is 2.54. The second-order valence-corrected chi connectivity index (χ2v) is 7.72. The lowest BCUT2D eigenvalue weighted by atomic mass is 9.65. The zero-order chi connectivity index (χ0) is 15.6. The Morgan fingerprint density at radius 2 is 1.90 bits per heavy atom. The average molecular weight is 284 g/mol. The number of rotatable bonds is 6. The third-order valence-electron chi connectivity index (χ3n) is 5.01. The molecule has 2 N–H and O–H groups in total. The molecular formula is C16H32N2O2. The minimum Gasteiger partial charge on any atom is -0.396 e. The highest BCUT2D eigenvalue weighted by molar-refractivity contribution is 5.76. The second kappa shape index (κ2) is 6.33. The van der Waals surface area contributed by atoms with E-state index in [0.717, 1.165) is 19.4 Å². The van der Waals surface area contributed by atoms with E-state index in [1.165, 1.54) is 0 Å². The molecule has 0 radical (unpaired) electrons. The fourth-order valence-corrected chi connectivity index (χ4v) is 2.87. The molecule has 1 fully saturated rings. The summed E-state index contributed by atoms with van der Waals surface area (Å²) >= 11 is 0. The molecule has 4 nitrogen and oxygen atoms in total. The van der Waals surface area contributed by atoms with Gasteiger partial charge in [-0.15, -0.1) is 0 Å². The molecular weight excluding hydrogens is 252 g/mol. The molecule has 1 rings (SSSR count). The van der Waals surface area contributed by atoms with Crippen LogP contribution in [0.1, 0.15) is 54.4 Å². The van der Waals surface area contributed by atoms with Crippen LogP contribution in [0.25, 0.3) is 0 Å². The highest BCUT2D eigenvalue weighted by Crippen LogP contribution is 2.46. The fourth-order valence-electron chi connectivity index (χ4n) is 2.87. The van der Waals surface area contributed by atoms with Crippen LogP contribution in [-0.4, -0.2) is 41.3 Å². The number of amides is 2. The smallest absolute Gasteiger partial charge is 0.317 e. The molecule has 0 unspecified atom stereocenters. The van der Waals surface area contributed by atoms with Gasteiger partial charge in [0.25, 0.3) is 0 Å². The summed E-state index contributed by atoms with van der Waals surface area (Å²) in [7, 11) is 0. The SMILES string of the molecule is CC(C)C[C@@H](CCO)CNC(=O)N1CC(C)(C)C1(C)C. The number of aliphatic hydroxyl groups excluding tert-OH is 1. The summed E-state index contributed by atoms with van der Waals surface area (Å²) in [6.07, 6.45) is 1.79. The molecule has 1 saturated heterocycles. The third-order valence-corrected chi connectivity index (χ3v) is 5.01. The van der Waals surface area contributed by atoms with E-state index in [-0.39, 0.29) is 23.6 Å². The molecule has 118 valence electrons. The molecule has 4 heteroatoms. The van der Waals surface area contributed by atoms with Crippen molar-refractivity contribution in [2.75, 3.05) is 19.7 Å². The monoisotopic (exact) mass is 284 g/mol. The largest absolute Gasteiger partial charge is 0.396 e. The minimum absolute atomic E-state index is 0.0287. The second-order valence-electron chi connectivity index (χ2n) is 7.72. The van der Waals surface area contributed by atoms with Gasteiger partial charge >= 0.3 is 6.03 Å². The molecule has 0 aromatic heterocycles. The first-order valence-electron chi connectivity index (χ1n) is 7.78. The van der Waals surface area contributed by atoms with Crippen molar-refractivity contribution in [2.24, 2.45) is 17.3 Å². The van der Waals surface area contributed by atoms with Gasteiger partial charge in [0.1, 0.15) is 0 Å². The first-order valence-corrected chi connectivity index (χ1v) is 7.78. The van der Waals surface area contributed by atoms with Crippen molar-refractivity contribution in [1.29, 1.82) is 0 Å². The van der Waals surface area contributed by atoms with Crippen LogP contribution in [0.2, 0.25) is 0 Å². The summed E-state index contributed by atoms with van der Waals surface area (Å²) in [6, 6.07) is 0.0287. The highest BCUT2D eigenvalue weighted by atomic mass is 16.3. The molecule has 0 bridgehead atoms. The minimum atomic E-state index is -0.0956. The third kappa shape index (κ3) is 3.66. The van der Waals surface area contributed by atoms with E-state index in [2.05, 4.69) is 46.9 Å². The van der Waals surface area contributed by atoms with Gasteiger partial charge in [-0.3, -0.25) is 0 Å². The van der Waals surface area contributed by atoms with Crippen molar-refractivity contribution in [3.8, 4) is 0 Å². The molecule has 1 heterocycles. The van der Waals surface area contributed by atoms with Crippen molar-refractivity contribution in [3.63, 3.8) is 0 Å². The Labute approximate surface area is 123 Å². The maximum Gasteiger partial charge on any atom is 0.317 e. The molecule has 1 aliphatic heterocycles. The summed E-state index contributed by atoms with van der Waals surface area (Å²) in [5.74, 6) is 0.948. The lowest BCUT2D eigenvalue weighted by Gasteiger charge is -2.61. The van der Waals surface area contributed by atoms with Gasteiger partial charge in [0, 0.05) is 30.7 Å². The van der Waals surface area contributed by atoms with E-state index in [4.69, 9.17) is 5.11 Å². The van der Waals surface area contributed by atoms with E-state index < -0.39 is 0 Å². The number of carbonyl (C=O) groups is 1. The van der Waals surface area contributed by atoms with Crippen LogP contribution >= 0.6 is 0 Å². The molecule has 0 spiro atoms. The van der Waals surface area contributed by atoms with Gasteiger partial charge in [-0.2, -0.15) is 0 Å². The summed E-state index contributed by atoms with van der Waals surface area (Å²) < 4.78 is 0. The Bertz CT molecular complexity index is 337. The van der Waals surface area contributed by atoms with Crippen molar-refractivity contribution in [1.82, 2.24) is 10.2 Å². The zero-order valence-electron chi connectivity index (χ0n) is 14.0. The number of carbonyl (C=O) groups excluding carboxylic acids is 1. The maximum absolute atomic E-state index is 12.3. The van der Waals surface area contributed by atoms with Crippen molar-refractivity contribution < 1.29 is 9.90 Å². The number of aliphatic hydroxyl groups is 1. The number of hydrogen-bond acceptors (Lipinski definition) is 2. The Morgan fingerprint density at radius 3 is 2.30 bits per heavy atom. The number of nitrogens with zero attached hydrogens (tertiary/aromatic N) is 1. The van der Waals surface area contributed by atoms with Gasteiger partial charge in [-0.1, -0.05) is 27.7 Å². The molecule has 2 amide bonds. The van der Waals surface area contributed by atoms with Crippen molar-refractivity contribution in [2.45, 2.75) is 59.9 Å². The summed E-state index contributed by atoms with van der Waals surface area (Å²) in [5, 5.41) is 12.2. The summed E-state index contributed by atoms with van der Waals surface area (Å²) in [4.78, 5) is 14.2. The first kappa shape index (κ1) is 17.3. The lowest BCUT2D eigenvalue weighted by Crippen LogP contribution is -2.72. The van der Waals surface area contributed by atoms with Gasteiger partial charge in [0.2, 0.25) is 0 Å². The van der Waals surface area contributed by atoms with Gasteiger partial charge in [-0.25, -0.2) is 4.79 Å². The number of hydrogen-bond donors (Lipinski definition) is 2. The molecule has 1 aliphatic rings. The van der Waals surface area contributed by atoms with E-state index >= 15 is 0 Å². The van der Waals surface area contributed by atoms with Crippen LogP contribution in [-0.2, 0) is 0 Å². The molecule has 1 atom stereocenters. The fraction of sp³-hybridized carbons (Fsp3) is 0.938. The molecule has 0 aromatic rings. The van der Waals surface area contributed by atoms with E-state index in [1.807, 2.05) is 4.90 Å². The normalized spacial score (nSPS) is 21.5. The first-order chi connectivity index (χ1) is 9.11. The van der Waals surface area contributed by atoms with Crippen LogP contribution in [0.3, 0.4) is 0 Å².